The van der Waals surface area contributed by atoms with Crippen LogP contribution in [0.1, 0.15) is 20.9 Å². The molecule has 2 aromatic carbocycles. The molecule has 0 aliphatic carbocycles. The Hall–Kier alpha value is -4.88. The molecule has 2 aromatic heterocycles. The van der Waals surface area contributed by atoms with E-state index in [0.29, 0.717) is 11.4 Å². The van der Waals surface area contributed by atoms with Crippen LogP contribution in [0.4, 0.5) is 29.3 Å². The molecule has 9 nitrogen and oxygen atoms in total. The van der Waals surface area contributed by atoms with E-state index in [9.17, 15) is 27.6 Å². The number of rotatable bonds is 7. The fourth-order valence-electron chi connectivity index (χ4n) is 3.22. The van der Waals surface area contributed by atoms with E-state index in [2.05, 4.69) is 26.5 Å². The Labute approximate surface area is 240 Å². The van der Waals surface area contributed by atoms with Crippen molar-refractivity contribution in [2.75, 3.05) is 10.6 Å². The lowest BCUT2D eigenvalue weighted by Crippen LogP contribution is -2.41. The number of nitrogens with one attached hydrogen (secondary N) is 4. The third-order valence-corrected chi connectivity index (χ3v) is 6.25. The Morgan fingerprint density at radius 1 is 0.902 bits per heavy atom. The molecule has 0 aliphatic rings. The molecule has 210 valence electrons. The van der Waals surface area contributed by atoms with E-state index in [0.717, 1.165) is 17.0 Å². The molecule has 14 heteroatoms. The van der Waals surface area contributed by atoms with Crippen molar-refractivity contribution in [2.45, 2.75) is 6.18 Å². The van der Waals surface area contributed by atoms with Crippen molar-refractivity contribution >= 4 is 58.2 Å². The molecule has 4 amide bonds. The molecule has 0 radical (unpaired) electrons. The summed E-state index contributed by atoms with van der Waals surface area (Å²) in [6.07, 6.45) is -0.427. The van der Waals surface area contributed by atoms with Crippen molar-refractivity contribution < 1.29 is 32.3 Å². The van der Waals surface area contributed by atoms with Gasteiger partial charge in [0, 0.05) is 34.6 Å². The average molecular weight is 602 g/mol. The van der Waals surface area contributed by atoms with Crippen LogP contribution in [0.5, 0.6) is 11.5 Å². The van der Waals surface area contributed by atoms with Gasteiger partial charge in [-0.25, -0.2) is 4.79 Å². The summed E-state index contributed by atoms with van der Waals surface area (Å²) >= 11 is 7.05. The highest BCUT2D eigenvalue weighted by Gasteiger charge is 2.33. The van der Waals surface area contributed by atoms with Gasteiger partial charge in [-0.3, -0.25) is 25.4 Å². The van der Waals surface area contributed by atoms with Crippen molar-refractivity contribution in [3.63, 3.8) is 0 Å². The van der Waals surface area contributed by atoms with Gasteiger partial charge in [-0.1, -0.05) is 17.7 Å². The van der Waals surface area contributed by atoms with Crippen molar-refractivity contribution in [2.24, 2.45) is 0 Å². The smallest absolute Gasteiger partial charge is 0.417 e. The Morgan fingerprint density at radius 3 is 2.34 bits per heavy atom. The van der Waals surface area contributed by atoms with Crippen molar-refractivity contribution in [1.29, 1.82) is 0 Å². The van der Waals surface area contributed by atoms with Crippen LogP contribution in [0, 0.1) is 0 Å². The number of carbonyl (C=O) groups is 3. The lowest BCUT2D eigenvalue weighted by atomic mass is 10.2. The Kier molecular flexibility index (Phi) is 9.22. The molecule has 0 atom stereocenters. The number of urea groups is 1. The number of alkyl halides is 3. The van der Waals surface area contributed by atoms with Crippen molar-refractivity contribution in [3.8, 4) is 11.5 Å². The molecule has 0 aliphatic heterocycles. The number of benzene rings is 2. The van der Waals surface area contributed by atoms with Crippen LogP contribution in [0.2, 0.25) is 5.02 Å². The molecular weight excluding hydrogens is 583 g/mol. The van der Waals surface area contributed by atoms with Gasteiger partial charge < -0.3 is 15.4 Å². The van der Waals surface area contributed by atoms with Gasteiger partial charge >= 0.3 is 12.2 Å². The Morgan fingerprint density at radius 2 is 1.63 bits per heavy atom. The zero-order valence-electron chi connectivity index (χ0n) is 20.7. The number of nitrogens with zero attached hydrogens (tertiary/aromatic N) is 1. The fraction of sp³-hybridized carbons (Fsp3) is 0.0370. The molecule has 4 rings (SSSR count). The summed E-state index contributed by atoms with van der Waals surface area (Å²) in [5.74, 6) is -0.563. The van der Waals surface area contributed by atoms with Gasteiger partial charge in [0.1, 0.15) is 17.2 Å². The molecule has 41 heavy (non-hydrogen) atoms. The molecule has 0 saturated heterocycles. The summed E-state index contributed by atoms with van der Waals surface area (Å²) in [4.78, 5) is 41.4. The number of hydrazine groups is 1. The molecule has 0 bridgehead atoms. The maximum absolute atomic E-state index is 13.0. The number of anilines is 2. The molecule has 0 saturated carbocycles. The zero-order chi connectivity index (χ0) is 29.4. The van der Waals surface area contributed by atoms with Crippen molar-refractivity contribution in [1.82, 2.24) is 15.8 Å². The number of aromatic nitrogens is 1. The molecule has 4 aromatic rings. The first kappa shape index (κ1) is 29.1. The quantitative estimate of drug-likeness (QED) is 0.138. The summed E-state index contributed by atoms with van der Waals surface area (Å²) in [5, 5.41) is 6.20. The van der Waals surface area contributed by atoms with Crippen LogP contribution < -0.4 is 26.2 Å². The monoisotopic (exact) mass is 601 g/mol. The highest BCUT2D eigenvalue weighted by molar-refractivity contribution is 7.10. The average Bonchev–Trinajstić information content (AvgIpc) is 3.46. The summed E-state index contributed by atoms with van der Waals surface area (Å²) in [5.41, 5.74) is 3.68. The number of halogens is 4. The topological polar surface area (TPSA) is 121 Å². The number of amides is 4. The molecule has 4 N–H and O–H groups in total. The SMILES string of the molecule is O=C(/C=C/c1cccs1)NNC(=O)c1cc(Oc2ccc(NC(=O)Nc3ccc(Cl)c(C(F)(F)F)c3)cc2)ccn1. The summed E-state index contributed by atoms with van der Waals surface area (Å²) in [7, 11) is 0. The maximum Gasteiger partial charge on any atom is 0.417 e. The number of pyridine rings is 1. The molecule has 0 fully saturated rings. The minimum Gasteiger partial charge on any atom is -0.457 e. The first-order valence-corrected chi connectivity index (χ1v) is 12.8. The van der Waals surface area contributed by atoms with Crippen LogP contribution in [0.3, 0.4) is 0 Å². The van der Waals surface area contributed by atoms with Gasteiger partial charge in [-0.05, 0) is 66.1 Å². The first-order valence-electron chi connectivity index (χ1n) is 11.6. The van der Waals surface area contributed by atoms with Gasteiger partial charge in [-0.15, -0.1) is 11.3 Å². The van der Waals surface area contributed by atoms with Crippen LogP contribution in [-0.2, 0) is 11.0 Å². The van der Waals surface area contributed by atoms with Crippen LogP contribution in [-0.4, -0.2) is 22.8 Å². The number of hydrogen-bond donors (Lipinski definition) is 4. The normalized spacial score (nSPS) is 11.1. The summed E-state index contributed by atoms with van der Waals surface area (Å²) in [6.45, 7) is 0. The molecule has 2 heterocycles. The Balaban J connectivity index is 1.29. The third kappa shape index (κ3) is 8.55. The zero-order valence-corrected chi connectivity index (χ0v) is 22.2. The van der Waals surface area contributed by atoms with Crippen LogP contribution in [0.25, 0.3) is 6.08 Å². The standard InChI is InChI=1S/C27H19ClF3N5O4S/c28-22-9-5-17(14-21(22)27(29,30)31)34-26(39)33-16-3-6-18(7-4-16)40-19-11-12-32-23(15-19)25(38)36-35-24(37)10-8-20-2-1-13-41-20/h1-15H,(H,35,37)(H,36,38)(H2,33,34,39)/b10-8+. The second kappa shape index (κ2) is 13.0. The largest absolute Gasteiger partial charge is 0.457 e. The van der Waals surface area contributed by atoms with Gasteiger partial charge in [0.05, 0.1) is 10.6 Å². The van der Waals surface area contributed by atoms with Crippen LogP contribution in [0.15, 0.2) is 84.4 Å². The van der Waals surface area contributed by atoms with Crippen LogP contribution >= 0.6 is 22.9 Å². The second-order valence-electron chi connectivity index (χ2n) is 8.07. The van der Waals surface area contributed by atoms with E-state index in [1.54, 1.807) is 6.08 Å². The molecule has 0 unspecified atom stereocenters. The predicted molar refractivity (Wildman–Crippen MR) is 149 cm³/mol. The summed E-state index contributed by atoms with van der Waals surface area (Å²) < 4.78 is 44.8. The van der Waals surface area contributed by atoms with E-state index in [4.69, 9.17) is 16.3 Å². The van der Waals surface area contributed by atoms with Gasteiger partial charge in [0.15, 0.2) is 0 Å². The predicted octanol–water partition coefficient (Wildman–Crippen LogP) is 6.73. The van der Waals surface area contributed by atoms with Gasteiger partial charge in [0.2, 0.25) is 0 Å². The highest BCUT2D eigenvalue weighted by atomic mass is 35.5. The van der Waals surface area contributed by atoms with Crippen molar-refractivity contribution in [3.05, 3.63) is 106 Å². The maximum atomic E-state index is 13.0. The second-order valence-corrected chi connectivity index (χ2v) is 9.45. The molecule has 0 spiro atoms. The molecular formula is C27H19ClF3N5O4S. The third-order valence-electron chi connectivity index (χ3n) is 5.08. The minimum atomic E-state index is -4.67. The Bertz CT molecular complexity index is 1580. The minimum absolute atomic E-state index is 0.0177. The number of hydrogen-bond acceptors (Lipinski definition) is 6. The summed E-state index contributed by atoms with van der Waals surface area (Å²) in [6, 6.07) is 14.9. The number of thiophene rings is 1. The lowest BCUT2D eigenvalue weighted by molar-refractivity contribution is -0.137. The highest BCUT2D eigenvalue weighted by Crippen LogP contribution is 2.36. The first-order chi connectivity index (χ1) is 19.6. The number of carbonyl (C=O) groups excluding carboxylic acids is 3. The fourth-order valence-corrected chi connectivity index (χ4v) is 4.07. The van der Waals surface area contributed by atoms with Gasteiger partial charge in [0.25, 0.3) is 11.8 Å². The van der Waals surface area contributed by atoms with E-state index < -0.39 is 34.6 Å². The lowest BCUT2D eigenvalue weighted by Gasteiger charge is -2.12. The van der Waals surface area contributed by atoms with E-state index in [1.165, 1.54) is 66.1 Å². The number of ether oxygens (including phenoxy) is 1. The van der Waals surface area contributed by atoms with E-state index in [1.807, 2.05) is 17.5 Å². The van der Waals surface area contributed by atoms with E-state index >= 15 is 0 Å². The van der Waals surface area contributed by atoms with Gasteiger partial charge in [-0.2, -0.15) is 13.2 Å². The van der Waals surface area contributed by atoms with E-state index in [-0.39, 0.29) is 17.1 Å².